The number of carbonyl (C=O) groups is 1. The van der Waals surface area contributed by atoms with Crippen molar-refractivity contribution in [2.45, 2.75) is 20.8 Å². The molecule has 2 aromatic carbocycles. The molecule has 0 aliphatic heterocycles. The summed E-state index contributed by atoms with van der Waals surface area (Å²) in [7, 11) is 0. The summed E-state index contributed by atoms with van der Waals surface area (Å²) in [6.45, 7) is 7.37. The van der Waals surface area contributed by atoms with Crippen LogP contribution in [-0.2, 0) is 0 Å². The van der Waals surface area contributed by atoms with Crippen LogP contribution in [0.25, 0.3) is 11.0 Å². The highest BCUT2D eigenvalue weighted by atomic mass is 16.5. The average Bonchev–Trinajstić information content (AvgIpc) is 3.14. The minimum atomic E-state index is -0.439. The Balaban J connectivity index is 1.69. The molecule has 29 heavy (non-hydrogen) atoms. The van der Waals surface area contributed by atoms with Crippen LogP contribution in [0.3, 0.4) is 0 Å². The number of benzene rings is 2. The molecule has 7 nitrogen and oxygen atoms in total. The summed E-state index contributed by atoms with van der Waals surface area (Å²) >= 11 is 0. The van der Waals surface area contributed by atoms with E-state index in [1.54, 1.807) is 24.3 Å². The van der Waals surface area contributed by atoms with Crippen LogP contribution in [0.2, 0.25) is 0 Å². The third kappa shape index (κ3) is 5.07. The van der Waals surface area contributed by atoms with Gasteiger partial charge in [0, 0.05) is 5.39 Å². The number of rotatable bonds is 9. The van der Waals surface area contributed by atoms with Crippen LogP contribution >= 0.6 is 0 Å². The summed E-state index contributed by atoms with van der Waals surface area (Å²) in [5.74, 6) is 1.77. The van der Waals surface area contributed by atoms with Gasteiger partial charge in [-0.3, -0.25) is 4.79 Å². The van der Waals surface area contributed by atoms with Crippen molar-refractivity contribution in [1.82, 2.24) is 5.43 Å². The molecule has 0 aliphatic carbocycles. The van der Waals surface area contributed by atoms with Crippen molar-refractivity contribution in [3.05, 3.63) is 53.8 Å². The number of ether oxygens (including phenoxy) is 3. The smallest absolute Gasteiger partial charge is 0.307 e. The molecule has 0 aliphatic rings. The van der Waals surface area contributed by atoms with Gasteiger partial charge in [0.05, 0.1) is 26.0 Å². The predicted octanol–water partition coefficient (Wildman–Crippen LogP) is 4.39. The molecule has 1 heterocycles. The predicted molar refractivity (Wildman–Crippen MR) is 111 cm³/mol. The Bertz CT molecular complexity index is 1010. The maximum Gasteiger partial charge on any atom is 0.307 e. The van der Waals surface area contributed by atoms with Crippen LogP contribution in [0.15, 0.2) is 52.0 Å². The summed E-state index contributed by atoms with van der Waals surface area (Å²) in [6.07, 6.45) is 1.53. The van der Waals surface area contributed by atoms with Crippen molar-refractivity contribution in [1.29, 1.82) is 0 Å². The fourth-order valence-corrected chi connectivity index (χ4v) is 2.76. The Morgan fingerprint density at radius 3 is 2.48 bits per heavy atom. The van der Waals surface area contributed by atoms with Crippen LogP contribution in [0.1, 0.15) is 36.9 Å². The van der Waals surface area contributed by atoms with Crippen LogP contribution in [0.5, 0.6) is 17.2 Å². The number of carbonyl (C=O) groups excluding carboxylic acids is 1. The first-order valence-corrected chi connectivity index (χ1v) is 9.54. The lowest BCUT2D eigenvalue weighted by Gasteiger charge is -2.11. The fourth-order valence-electron chi connectivity index (χ4n) is 2.76. The van der Waals surface area contributed by atoms with E-state index in [1.165, 1.54) is 6.21 Å². The molecule has 0 bridgehead atoms. The number of furan rings is 1. The van der Waals surface area contributed by atoms with Crippen LogP contribution in [-0.4, -0.2) is 31.9 Å². The number of hydrazone groups is 1. The van der Waals surface area contributed by atoms with E-state index in [0.29, 0.717) is 36.9 Å². The largest absolute Gasteiger partial charge is 0.494 e. The Morgan fingerprint density at radius 1 is 0.966 bits per heavy atom. The molecular weight excluding hydrogens is 372 g/mol. The van der Waals surface area contributed by atoms with E-state index in [9.17, 15) is 4.79 Å². The summed E-state index contributed by atoms with van der Waals surface area (Å²) in [4.78, 5) is 12.3. The average molecular weight is 396 g/mol. The summed E-state index contributed by atoms with van der Waals surface area (Å²) in [6, 6.07) is 12.5. The second-order valence-electron chi connectivity index (χ2n) is 6.01. The number of hydrogen-bond donors (Lipinski definition) is 1. The van der Waals surface area contributed by atoms with Crippen LogP contribution in [0, 0.1) is 0 Å². The number of nitrogens with one attached hydrogen (secondary N) is 1. The quantitative estimate of drug-likeness (QED) is 0.428. The van der Waals surface area contributed by atoms with Gasteiger partial charge < -0.3 is 18.6 Å². The third-order valence-electron chi connectivity index (χ3n) is 3.97. The minimum absolute atomic E-state index is 0.174. The molecule has 1 amide bonds. The minimum Gasteiger partial charge on any atom is -0.494 e. The molecule has 0 atom stereocenters. The maximum absolute atomic E-state index is 12.3. The number of fused-ring (bicyclic) bond motifs is 1. The van der Waals surface area contributed by atoms with E-state index in [1.807, 2.05) is 39.0 Å². The van der Waals surface area contributed by atoms with Crippen molar-refractivity contribution in [3.63, 3.8) is 0 Å². The second-order valence-corrected chi connectivity index (χ2v) is 6.01. The van der Waals surface area contributed by atoms with Crippen molar-refractivity contribution >= 4 is 23.1 Å². The topological polar surface area (TPSA) is 82.3 Å². The normalized spacial score (nSPS) is 11.0. The molecule has 0 saturated carbocycles. The molecule has 0 saturated heterocycles. The highest BCUT2D eigenvalue weighted by molar-refractivity contribution is 5.96. The molecule has 152 valence electrons. The highest BCUT2D eigenvalue weighted by Gasteiger charge is 2.12. The zero-order chi connectivity index (χ0) is 20.6. The Labute approximate surface area is 169 Å². The van der Waals surface area contributed by atoms with Crippen molar-refractivity contribution in [2.75, 3.05) is 19.8 Å². The van der Waals surface area contributed by atoms with E-state index >= 15 is 0 Å². The van der Waals surface area contributed by atoms with E-state index in [0.717, 1.165) is 16.7 Å². The third-order valence-corrected chi connectivity index (χ3v) is 3.97. The lowest BCUT2D eigenvalue weighted by molar-refractivity contribution is 0.0929. The SMILES string of the molecule is CCOc1ccc2oc(C(=O)N/N=C/c3ccc(OCC)c(OCC)c3)cc2c1. The second kappa shape index (κ2) is 9.64. The number of nitrogens with zero attached hydrogens (tertiary/aromatic N) is 1. The molecule has 3 aromatic rings. The van der Waals surface area contributed by atoms with Crippen LogP contribution < -0.4 is 19.6 Å². The maximum atomic E-state index is 12.3. The lowest BCUT2D eigenvalue weighted by atomic mass is 10.2. The van der Waals surface area contributed by atoms with Gasteiger partial charge in [-0.1, -0.05) is 0 Å². The van der Waals surface area contributed by atoms with Gasteiger partial charge in [-0.25, -0.2) is 5.43 Å². The molecule has 0 fully saturated rings. The molecule has 0 unspecified atom stereocenters. The van der Waals surface area contributed by atoms with Crippen molar-refractivity contribution in [3.8, 4) is 17.2 Å². The zero-order valence-electron chi connectivity index (χ0n) is 16.7. The van der Waals surface area contributed by atoms with Crippen molar-refractivity contribution < 1.29 is 23.4 Å². The van der Waals surface area contributed by atoms with Gasteiger partial charge in [-0.05, 0) is 68.8 Å². The molecule has 1 N–H and O–H groups in total. The summed E-state index contributed by atoms with van der Waals surface area (Å²) < 4.78 is 22.2. The van der Waals surface area contributed by atoms with Crippen LogP contribution in [0.4, 0.5) is 0 Å². The van der Waals surface area contributed by atoms with Gasteiger partial charge in [0.1, 0.15) is 11.3 Å². The van der Waals surface area contributed by atoms with Gasteiger partial charge in [0.2, 0.25) is 0 Å². The van der Waals surface area contributed by atoms with E-state index in [4.69, 9.17) is 18.6 Å². The van der Waals surface area contributed by atoms with Crippen molar-refractivity contribution in [2.24, 2.45) is 5.10 Å². The first-order chi connectivity index (χ1) is 14.1. The number of hydrogen-bond acceptors (Lipinski definition) is 6. The van der Waals surface area contributed by atoms with Gasteiger partial charge in [-0.2, -0.15) is 5.10 Å². The molecule has 1 aromatic heterocycles. The van der Waals surface area contributed by atoms with E-state index in [2.05, 4.69) is 10.5 Å². The molecular formula is C22H24N2O5. The standard InChI is InChI=1S/C22H24N2O5/c1-4-26-17-8-10-18-16(12-17)13-21(29-18)22(25)24-23-14-15-7-9-19(27-5-2)20(11-15)28-6-3/h7-14H,4-6H2,1-3H3,(H,24,25)/b23-14+. The molecule has 7 heteroatoms. The zero-order valence-corrected chi connectivity index (χ0v) is 16.7. The molecule has 0 spiro atoms. The van der Waals surface area contributed by atoms with Gasteiger partial charge >= 0.3 is 5.91 Å². The lowest BCUT2D eigenvalue weighted by Crippen LogP contribution is -2.16. The fraction of sp³-hybridized carbons (Fsp3) is 0.273. The van der Waals surface area contributed by atoms with Gasteiger partial charge in [0.15, 0.2) is 17.3 Å². The summed E-state index contributed by atoms with van der Waals surface area (Å²) in [5.41, 5.74) is 3.85. The molecule has 0 radical (unpaired) electrons. The van der Waals surface area contributed by atoms with E-state index < -0.39 is 5.91 Å². The Kier molecular flexibility index (Phi) is 6.73. The summed E-state index contributed by atoms with van der Waals surface area (Å²) in [5, 5.41) is 4.80. The monoisotopic (exact) mass is 396 g/mol. The highest BCUT2D eigenvalue weighted by Crippen LogP contribution is 2.28. The molecule has 3 rings (SSSR count). The first-order valence-electron chi connectivity index (χ1n) is 9.54. The van der Waals surface area contributed by atoms with Gasteiger partial charge in [0.25, 0.3) is 0 Å². The van der Waals surface area contributed by atoms with Gasteiger partial charge in [-0.15, -0.1) is 0 Å². The number of amides is 1. The first kappa shape index (κ1) is 20.3. The van der Waals surface area contributed by atoms with E-state index in [-0.39, 0.29) is 5.76 Å². The Hall–Kier alpha value is -3.48. The Morgan fingerprint density at radius 2 is 1.72 bits per heavy atom.